The molecule has 0 atom stereocenters. The fraction of sp³-hybridized carbons (Fsp3) is 0.211. The standard InChI is InChI=1S/C19H19N5OS/c1-24-16(12-15(23-24)17-8-5-11-26-17)19(25)20-10-4-9-18-21-13-6-2-3-7-14(13)22-18/h2-3,5-8,11-12H,4,9-10H2,1H3,(H,20,25)(H,21,22). The highest BCUT2D eigenvalue weighted by Crippen LogP contribution is 2.23. The zero-order chi connectivity index (χ0) is 17.9. The van der Waals surface area contributed by atoms with Crippen molar-refractivity contribution in [3.8, 4) is 10.6 Å². The number of hydrogen-bond donors (Lipinski definition) is 2. The number of aryl methyl sites for hydroxylation is 2. The van der Waals surface area contributed by atoms with Gasteiger partial charge in [0.15, 0.2) is 0 Å². The molecule has 26 heavy (non-hydrogen) atoms. The number of rotatable bonds is 6. The lowest BCUT2D eigenvalue weighted by atomic mass is 10.2. The Morgan fingerprint density at radius 1 is 1.27 bits per heavy atom. The number of benzene rings is 1. The molecule has 0 spiro atoms. The molecule has 4 rings (SSSR count). The average Bonchev–Trinajstić information content (AvgIpc) is 3.36. The number of carbonyl (C=O) groups is 1. The molecule has 3 heterocycles. The van der Waals surface area contributed by atoms with Crippen LogP contribution in [0.2, 0.25) is 0 Å². The second kappa shape index (κ2) is 7.13. The molecule has 7 heteroatoms. The molecular weight excluding hydrogens is 346 g/mol. The summed E-state index contributed by atoms with van der Waals surface area (Å²) in [6.45, 7) is 0.593. The SMILES string of the molecule is Cn1nc(-c2cccs2)cc1C(=O)NCCCc1nc2ccccc2[nH]1. The lowest BCUT2D eigenvalue weighted by molar-refractivity contribution is 0.0943. The molecular formula is C19H19N5OS. The lowest BCUT2D eigenvalue weighted by Gasteiger charge is -2.04. The predicted molar refractivity (Wildman–Crippen MR) is 103 cm³/mol. The van der Waals surface area contributed by atoms with Gasteiger partial charge in [-0.2, -0.15) is 5.10 Å². The Balaban J connectivity index is 1.32. The Morgan fingerprint density at radius 2 is 2.15 bits per heavy atom. The van der Waals surface area contributed by atoms with Crippen molar-refractivity contribution in [2.45, 2.75) is 12.8 Å². The van der Waals surface area contributed by atoms with E-state index in [9.17, 15) is 4.79 Å². The number of thiophene rings is 1. The van der Waals surface area contributed by atoms with Crippen LogP contribution in [0.15, 0.2) is 47.8 Å². The highest BCUT2D eigenvalue weighted by Gasteiger charge is 2.14. The van der Waals surface area contributed by atoms with E-state index in [0.717, 1.165) is 40.3 Å². The molecule has 0 aliphatic heterocycles. The van der Waals surface area contributed by atoms with Crippen LogP contribution in [0.5, 0.6) is 0 Å². The van der Waals surface area contributed by atoms with Crippen molar-refractivity contribution in [3.05, 3.63) is 59.4 Å². The molecule has 3 aromatic heterocycles. The van der Waals surface area contributed by atoms with E-state index in [1.54, 1.807) is 23.1 Å². The number of fused-ring (bicyclic) bond motifs is 1. The van der Waals surface area contributed by atoms with Crippen LogP contribution in [-0.4, -0.2) is 32.2 Å². The van der Waals surface area contributed by atoms with Gasteiger partial charge in [-0.1, -0.05) is 18.2 Å². The number of nitrogens with one attached hydrogen (secondary N) is 2. The summed E-state index contributed by atoms with van der Waals surface area (Å²) in [5.74, 6) is 0.841. The first-order valence-corrected chi connectivity index (χ1v) is 9.38. The molecule has 0 unspecified atom stereocenters. The van der Waals surface area contributed by atoms with Crippen molar-refractivity contribution in [2.75, 3.05) is 6.54 Å². The van der Waals surface area contributed by atoms with Crippen molar-refractivity contribution in [2.24, 2.45) is 7.05 Å². The topological polar surface area (TPSA) is 75.6 Å². The molecule has 0 fully saturated rings. The maximum atomic E-state index is 12.4. The smallest absolute Gasteiger partial charge is 0.269 e. The normalized spacial score (nSPS) is 11.1. The quantitative estimate of drug-likeness (QED) is 0.514. The van der Waals surface area contributed by atoms with Crippen molar-refractivity contribution in [3.63, 3.8) is 0 Å². The van der Waals surface area contributed by atoms with Crippen molar-refractivity contribution >= 4 is 28.3 Å². The van der Waals surface area contributed by atoms with Gasteiger partial charge in [0.2, 0.25) is 0 Å². The minimum absolute atomic E-state index is 0.104. The van der Waals surface area contributed by atoms with Crippen molar-refractivity contribution in [1.82, 2.24) is 25.1 Å². The van der Waals surface area contributed by atoms with Crippen LogP contribution in [0.3, 0.4) is 0 Å². The van der Waals surface area contributed by atoms with Crippen LogP contribution in [0.4, 0.5) is 0 Å². The molecule has 2 N–H and O–H groups in total. The highest BCUT2D eigenvalue weighted by atomic mass is 32.1. The Bertz CT molecular complexity index is 999. The molecule has 4 aromatic rings. The van der Waals surface area contributed by atoms with Crippen LogP contribution < -0.4 is 5.32 Å². The molecule has 0 saturated heterocycles. The van der Waals surface area contributed by atoms with E-state index in [-0.39, 0.29) is 5.91 Å². The second-order valence-electron chi connectivity index (χ2n) is 6.08. The monoisotopic (exact) mass is 365 g/mol. The number of imidazole rings is 1. The van der Waals surface area contributed by atoms with Gasteiger partial charge in [0, 0.05) is 20.0 Å². The number of carbonyl (C=O) groups excluding carboxylic acids is 1. The highest BCUT2D eigenvalue weighted by molar-refractivity contribution is 7.13. The van der Waals surface area contributed by atoms with Gasteiger partial charge < -0.3 is 10.3 Å². The van der Waals surface area contributed by atoms with Crippen molar-refractivity contribution < 1.29 is 4.79 Å². The van der Waals surface area contributed by atoms with E-state index in [1.807, 2.05) is 47.8 Å². The molecule has 1 aromatic carbocycles. The molecule has 0 saturated carbocycles. The molecule has 0 bridgehead atoms. The molecule has 0 aliphatic carbocycles. The van der Waals surface area contributed by atoms with Gasteiger partial charge >= 0.3 is 0 Å². The number of hydrogen-bond acceptors (Lipinski definition) is 4. The first kappa shape index (κ1) is 16.5. The van der Waals surface area contributed by atoms with Crippen molar-refractivity contribution in [1.29, 1.82) is 0 Å². The summed E-state index contributed by atoms with van der Waals surface area (Å²) < 4.78 is 1.63. The van der Waals surface area contributed by atoms with Crippen LogP contribution in [0.25, 0.3) is 21.6 Å². The fourth-order valence-electron chi connectivity index (χ4n) is 2.90. The predicted octanol–water partition coefficient (Wildman–Crippen LogP) is 3.39. The van der Waals surface area contributed by atoms with Gasteiger partial charge in [-0.05, 0) is 36.1 Å². The molecule has 0 aliphatic rings. The van der Waals surface area contributed by atoms with E-state index in [2.05, 4.69) is 20.4 Å². The third-order valence-corrected chi connectivity index (χ3v) is 5.09. The summed E-state index contributed by atoms with van der Waals surface area (Å²) in [7, 11) is 1.79. The van der Waals surface area contributed by atoms with E-state index in [1.165, 1.54) is 0 Å². The Kier molecular flexibility index (Phi) is 4.53. The second-order valence-corrected chi connectivity index (χ2v) is 7.02. The Morgan fingerprint density at radius 3 is 2.96 bits per heavy atom. The number of para-hydroxylation sites is 2. The van der Waals surface area contributed by atoms with E-state index < -0.39 is 0 Å². The summed E-state index contributed by atoms with van der Waals surface area (Å²) in [5, 5.41) is 9.39. The number of aromatic amines is 1. The Hall–Kier alpha value is -2.93. The molecule has 6 nitrogen and oxygen atoms in total. The molecule has 1 amide bonds. The van der Waals surface area contributed by atoms with Gasteiger partial charge in [0.1, 0.15) is 17.2 Å². The van der Waals surface area contributed by atoms with E-state index in [4.69, 9.17) is 0 Å². The van der Waals surface area contributed by atoms with Crippen LogP contribution in [0.1, 0.15) is 22.7 Å². The maximum absolute atomic E-state index is 12.4. The van der Waals surface area contributed by atoms with Gasteiger partial charge in [-0.25, -0.2) is 4.98 Å². The van der Waals surface area contributed by atoms with Gasteiger partial charge in [0.05, 0.1) is 15.9 Å². The lowest BCUT2D eigenvalue weighted by Crippen LogP contribution is -2.26. The van der Waals surface area contributed by atoms with Gasteiger partial charge in [-0.3, -0.25) is 9.48 Å². The number of nitrogens with zero attached hydrogens (tertiary/aromatic N) is 3. The summed E-state index contributed by atoms with van der Waals surface area (Å²) in [6, 6.07) is 13.8. The number of aromatic nitrogens is 4. The average molecular weight is 365 g/mol. The number of amides is 1. The van der Waals surface area contributed by atoms with E-state index >= 15 is 0 Å². The van der Waals surface area contributed by atoms with Gasteiger partial charge in [0.25, 0.3) is 5.91 Å². The van der Waals surface area contributed by atoms with Crippen LogP contribution >= 0.6 is 11.3 Å². The summed E-state index contributed by atoms with van der Waals surface area (Å²) in [6.07, 6.45) is 1.61. The zero-order valence-electron chi connectivity index (χ0n) is 14.4. The maximum Gasteiger partial charge on any atom is 0.269 e. The molecule has 0 radical (unpaired) electrons. The summed E-state index contributed by atoms with van der Waals surface area (Å²) in [4.78, 5) is 21.3. The van der Waals surface area contributed by atoms with Crippen LogP contribution in [0, 0.1) is 0 Å². The fourth-order valence-corrected chi connectivity index (χ4v) is 3.58. The third-order valence-electron chi connectivity index (χ3n) is 4.20. The largest absolute Gasteiger partial charge is 0.351 e. The first-order chi connectivity index (χ1) is 12.7. The minimum Gasteiger partial charge on any atom is -0.351 e. The van der Waals surface area contributed by atoms with E-state index in [0.29, 0.717) is 12.2 Å². The summed E-state index contributed by atoms with van der Waals surface area (Å²) >= 11 is 1.61. The minimum atomic E-state index is -0.104. The summed E-state index contributed by atoms with van der Waals surface area (Å²) in [5.41, 5.74) is 3.41. The molecule has 132 valence electrons. The van der Waals surface area contributed by atoms with Gasteiger partial charge in [-0.15, -0.1) is 11.3 Å². The third kappa shape index (κ3) is 3.39. The van der Waals surface area contributed by atoms with Crippen LogP contribution in [-0.2, 0) is 13.5 Å². The number of H-pyrrole nitrogens is 1. The first-order valence-electron chi connectivity index (χ1n) is 8.50. The zero-order valence-corrected chi connectivity index (χ0v) is 15.2. The Labute approximate surface area is 154 Å².